The summed E-state index contributed by atoms with van der Waals surface area (Å²) in [5.74, 6) is 6.13. The predicted molar refractivity (Wildman–Crippen MR) is 95.2 cm³/mol. The van der Waals surface area contributed by atoms with Gasteiger partial charge < -0.3 is 9.74 Å². The second-order valence-electron chi connectivity index (χ2n) is 6.20. The Labute approximate surface area is 152 Å². The highest BCUT2D eigenvalue weighted by molar-refractivity contribution is 6.30. The minimum absolute atomic E-state index is 0.141. The molecule has 2 aliphatic rings. The molecule has 1 fully saturated rings. The molecule has 0 atom stereocenters. The van der Waals surface area contributed by atoms with Crippen LogP contribution in [-0.4, -0.2) is 54.6 Å². The van der Waals surface area contributed by atoms with Crippen LogP contribution in [0.3, 0.4) is 0 Å². The van der Waals surface area contributed by atoms with E-state index in [1.165, 1.54) is 12.2 Å². The van der Waals surface area contributed by atoms with Crippen LogP contribution in [0.15, 0.2) is 29.4 Å². The van der Waals surface area contributed by atoms with Gasteiger partial charge in [-0.3, -0.25) is 4.84 Å². The molecule has 0 saturated carbocycles. The van der Waals surface area contributed by atoms with E-state index in [9.17, 15) is 4.79 Å². The van der Waals surface area contributed by atoms with Crippen LogP contribution >= 0.6 is 11.6 Å². The Kier molecular flexibility index (Phi) is 5.16. The minimum Gasteiger partial charge on any atom is -0.388 e. The summed E-state index contributed by atoms with van der Waals surface area (Å²) in [7, 11) is 3.08. The van der Waals surface area contributed by atoms with Crippen molar-refractivity contribution in [3.05, 3.63) is 34.9 Å². The Morgan fingerprint density at radius 3 is 2.84 bits per heavy atom. The van der Waals surface area contributed by atoms with Gasteiger partial charge in [0.2, 0.25) is 0 Å². The van der Waals surface area contributed by atoms with Crippen molar-refractivity contribution >= 4 is 23.3 Å². The number of carbonyl (C=O) groups excluding carboxylic acids is 1. The lowest BCUT2D eigenvalue weighted by Crippen LogP contribution is -2.50. The zero-order valence-corrected chi connectivity index (χ0v) is 15.0. The van der Waals surface area contributed by atoms with E-state index in [0.29, 0.717) is 24.5 Å². The van der Waals surface area contributed by atoms with Gasteiger partial charge in [-0.05, 0) is 24.1 Å². The lowest BCUT2D eigenvalue weighted by molar-refractivity contribution is -0.0910. The monoisotopic (exact) mass is 361 g/mol. The molecule has 2 heterocycles. The minimum atomic E-state index is -0.346. The third-order valence-corrected chi connectivity index (χ3v) is 4.74. The first-order valence-electron chi connectivity index (χ1n) is 8.11. The Morgan fingerprint density at radius 2 is 2.16 bits per heavy atom. The van der Waals surface area contributed by atoms with Crippen LogP contribution in [0.5, 0.6) is 0 Å². The fourth-order valence-corrected chi connectivity index (χ4v) is 3.14. The van der Waals surface area contributed by atoms with E-state index in [0.717, 1.165) is 24.1 Å². The van der Waals surface area contributed by atoms with Gasteiger partial charge in [-0.1, -0.05) is 28.7 Å². The zero-order chi connectivity index (χ0) is 17.9. The van der Waals surface area contributed by atoms with Crippen molar-refractivity contribution < 1.29 is 14.5 Å². The SMILES string of the molecule is CON(C)C(=O)N1CCC2(CC1)CC(C#Cc1cccc(Cl)c1)=NO2. The van der Waals surface area contributed by atoms with Gasteiger partial charge in [0.25, 0.3) is 0 Å². The number of carbonyl (C=O) groups is 1. The quantitative estimate of drug-likeness (QED) is 0.571. The van der Waals surface area contributed by atoms with Gasteiger partial charge in [-0.2, -0.15) is 0 Å². The molecule has 0 bridgehead atoms. The van der Waals surface area contributed by atoms with E-state index in [1.807, 2.05) is 24.3 Å². The molecule has 0 unspecified atom stereocenters. The molecule has 6 nitrogen and oxygen atoms in total. The van der Waals surface area contributed by atoms with Gasteiger partial charge in [0, 0.05) is 50.0 Å². The second kappa shape index (κ2) is 7.34. The van der Waals surface area contributed by atoms with Crippen molar-refractivity contribution in [2.45, 2.75) is 24.9 Å². The lowest BCUT2D eigenvalue weighted by Gasteiger charge is -2.37. The van der Waals surface area contributed by atoms with Crippen LogP contribution < -0.4 is 0 Å². The summed E-state index contributed by atoms with van der Waals surface area (Å²) in [6, 6.07) is 7.26. The number of hydrogen-bond acceptors (Lipinski definition) is 4. The summed E-state index contributed by atoms with van der Waals surface area (Å²) in [5, 5.41) is 6.03. The Hall–Kier alpha value is -2.23. The first-order chi connectivity index (χ1) is 12.0. The molecule has 2 aliphatic heterocycles. The Balaban J connectivity index is 1.57. The number of halogens is 1. The predicted octanol–water partition coefficient (Wildman–Crippen LogP) is 2.92. The molecule has 1 aromatic carbocycles. The van der Waals surface area contributed by atoms with Gasteiger partial charge in [0.15, 0.2) is 0 Å². The van der Waals surface area contributed by atoms with Crippen LogP contribution in [0, 0.1) is 11.8 Å². The normalized spacial score (nSPS) is 18.2. The average Bonchev–Trinajstić information content (AvgIpc) is 3.02. The average molecular weight is 362 g/mol. The fourth-order valence-electron chi connectivity index (χ4n) is 2.95. The molecule has 1 saturated heterocycles. The molecule has 0 aromatic heterocycles. The van der Waals surface area contributed by atoms with Crippen LogP contribution in [0.25, 0.3) is 0 Å². The number of amides is 2. The lowest BCUT2D eigenvalue weighted by atomic mass is 9.87. The van der Waals surface area contributed by atoms with E-state index in [1.54, 1.807) is 11.9 Å². The van der Waals surface area contributed by atoms with Crippen molar-refractivity contribution in [3.63, 3.8) is 0 Å². The molecule has 7 heteroatoms. The molecule has 0 radical (unpaired) electrons. The van der Waals surface area contributed by atoms with Crippen molar-refractivity contribution in [2.24, 2.45) is 5.16 Å². The third-order valence-electron chi connectivity index (χ3n) is 4.50. The smallest absolute Gasteiger partial charge is 0.343 e. The van der Waals surface area contributed by atoms with E-state index in [-0.39, 0.29) is 11.6 Å². The van der Waals surface area contributed by atoms with E-state index in [2.05, 4.69) is 17.0 Å². The van der Waals surface area contributed by atoms with Crippen molar-refractivity contribution in [3.8, 4) is 11.8 Å². The molecule has 25 heavy (non-hydrogen) atoms. The fraction of sp³-hybridized carbons (Fsp3) is 0.444. The van der Waals surface area contributed by atoms with Gasteiger partial charge in [0.05, 0.1) is 7.11 Å². The first kappa shape index (κ1) is 17.6. The molecular formula is C18H20ClN3O3. The van der Waals surface area contributed by atoms with E-state index < -0.39 is 0 Å². The van der Waals surface area contributed by atoms with Gasteiger partial charge >= 0.3 is 6.03 Å². The van der Waals surface area contributed by atoms with Crippen molar-refractivity contribution in [2.75, 3.05) is 27.2 Å². The first-order valence-corrected chi connectivity index (χ1v) is 8.48. The molecule has 2 amide bonds. The van der Waals surface area contributed by atoms with Crippen molar-refractivity contribution in [1.82, 2.24) is 9.96 Å². The largest absolute Gasteiger partial charge is 0.388 e. The number of hydroxylamine groups is 2. The second-order valence-corrected chi connectivity index (χ2v) is 6.64. The maximum atomic E-state index is 12.1. The number of piperidine rings is 1. The molecule has 0 N–H and O–H groups in total. The van der Waals surface area contributed by atoms with Gasteiger partial charge in [-0.25, -0.2) is 9.86 Å². The highest BCUT2D eigenvalue weighted by Gasteiger charge is 2.43. The van der Waals surface area contributed by atoms with Crippen molar-refractivity contribution in [1.29, 1.82) is 0 Å². The summed E-state index contributed by atoms with van der Waals surface area (Å²) in [6.45, 7) is 1.22. The van der Waals surface area contributed by atoms with Gasteiger partial charge in [0.1, 0.15) is 11.3 Å². The topological polar surface area (TPSA) is 54.4 Å². The number of oxime groups is 1. The Morgan fingerprint density at radius 1 is 1.40 bits per heavy atom. The summed E-state index contributed by atoms with van der Waals surface area (Å²) >= 11 is 5.96. The zero-order valence-electron chi connectivity index (χ0n) is 14.3. The molecule has 132 valence electrons. The number of urea groups is 1. The number of rotatable bonds is 1. The molecule has 3 rings (SSSR count). The van der Waals surface area contributed by atoms with Crippen LogP contribution in [0.4, 0.5) is 4.79 Å². The number of hydrogen-bond donors (Lipinski definition) is 0. The van der Waals surface area contributed by atoms with Crippen LogP contribution in [-0.2, 0) is 9.68 Å². The Bertz CT molecular complexity index is 745. The standard InChI is InChI=1S/C18H20ClN3O3/c1-21(24-2)17(23)22-10-8-18(9-11-22)13-16(20-25-18)7-6-14-4-3-5-15(19)12-14/h3-5,12H,8-11,13H2,1-2H3. The molecule has 1 aromatic rings. The van der Waals surface area contributed by atoms with E-state index >= 15 is 0 Å². The van der Waals surface area contributed by atoms with Crippen LogP contribution in [0.2, 0.25) is 5.02 Å². The highest BCUT2D eigenvalue weighted by atomic mass is 35.5. The maximum Gasteiger partial charge on any atom is 0.343 e. The summed E-state index contributed by atoms with van der Waals surface area (Å²) in [4.78, 5) is 24.5. The third kappa shape index (κ3) is 4.06. The maximum absolute atomic E-state index is 12.1. The summed E-state index contributed by atoms with van der Waals surface area (Å²) in [5.41, 5.74) is 1.23. The molecular weight excluding hydrogens is 342 g/mol. The van der Waals surface area contributed by atoms with E-state index in [4.69, 9.17) is 21.3 Å². The number of nitrogens with zero attached hydrogens (tertiary/aromatic N) is 3. The van der Waals surface area contributed by atoms with Gasteiger partial charge in [-0.15, -0.1) is 0 Å². The highest BCUT2D eigenvalue weighted by Crippen LogP contribution is 2.34. The number of benzene rings is 1. The molecule has 0 aliphatic carbocycles. The molecule has 1 spiro atoms. The summed E-state index contributed by atoms with van der Waals surface area (Å²) < 4.78 is 0. The number of likely N-dealkylation sites (tertiary alicyclic amines) is 1. The van der Waals surface area contributed by atoms with Crippen LogP contribution in [0.1, 0.15) is 24.8 Å². The summed E-state index contributed by atoms with van der Waals surface area (Å²) in [6.07, 6.45) is 2.12.